The van der Waals surface area contributed by atoms with Gasteiger partial charge in [-0.25, -0.2) is 4.79 Å². The number of alkyl halides is 1. The van der Waals surface area contributed by atoms with Gasteiger partial charge in [0, 0.05) is 19.0 Å². The molecule has 0 heterocycles. The lowest BCUT2D eigenvalue weighted by Gasteiger charge is -2.05. The number of hydrogen-bond acceptors (Lipinski definition) is 2. The van der Waals surface area contributed by atoms with Crippen molar-refractivity contribution >= 4 is 17.6 Å². The van der Waals surface area contributed by atoms with Gasteiger partial charge in [-0.2, -0.15) is 0 Å². The van der Waals surface area contributed by atoms with Gasteiger partial charge in [0.2, 0.25) is 0 Å². The molecule has 0 atom stereocenters. The van der Waals surface area contributed by atoms with Gasteiger partial charge in [0.05, 0.1) is 6.61 Å². The monoisotopic (exact) mass is 222 g/mol. The highest BCUT2D eigenvalue weighted by molar-refractivity contribution is 6.17. The van der Waals surface area contributed by atoms with Crippen LogP contribution in [0.2, 0.25) is 0 Å². The van der Waals surface area contributed by atoms with E-state index in [2.05, 4.69) is 10.6 Å². The number of carbonyl (C=O) groups is 1. The first-order chi connectivity index (χ1) is 6.81. The Bertz CT molecular complexity index is 145. The predicted molar refractivity (Wildman–Crippen MR) is 57.7 cm³/mol. The molecule has 0 saturated carbocycles. The molecule has 0 aliphatic carbocycles. The first-order valence-electron chi connectivity index (χ1n) is 4.99. The van der Waals surface area contributed by atoms with E-state index in [0.29, 0.717) is 19.0 Å². The lowest BCUT2D eigenvalue weighted by Crippen LogP contribution is -2.37. The van der Waals surface area contributed by atoms with Crippen molar-refractivity contribution in [3.05, 3.63) is 0 Å². The van der Waals surface area contributed by atoms with Crippen molar-refractivity contribution < 1.29 is 9.90 Å². The van der Waals surface area contributed by atoms with Crippen LogP contribution in [0, 0.1) is 0 Å². The molecule has 3 N–H and O–H groups in total. The van der Waals surface area contributed by atoms with Crippen LogP contribution in [0.3, 0.4) is 0 Å². The number of aliphatic hydroxyl groups is 1. The molecule has 0 spiro atoms. The van der Waals surface area contributed by atoms with E-state index in [0.717, 1.165) is 25.7 Å². The molecule has 0 aromatic heterocycles. The fourth-order valence-corrected chi connectivity index (χ4v) is 1.20. The maximum absolute atomic E-state index is 10.9. The van der Waals surface area contributed by atoms with Crippen molar-refractivity contribution in [2.45, 2.75) is 25.7 Å². The Morgan fingerprint density at radius 1 is 1.07 bits per heavy atom. The van der Waals surface area contributed by atoms with Gasteiger partial charge in [-0.1, -0.05) is 12.8 Å². The van der Waals surface area contributed by atoms with Crippen LogP contribution in [0.5, 0.6) is 0 Å². The molecule has 0 rings (SSSR count). The van der Waals surface area contributed by atoms with Crippen molar-refractivity contribution in [3.63, 3.8) is 0 Å². The summed E-state index contributed by atoms with van der Waals surface area (Å²) in [5.41, 5.74) is 0. The highest BCUT2D eigenvalue weighted by atomic mass is 35.5. The number of urea groups is 1. The highest BCUT2D eigenvalue weighted by Gasteiger charge is 1.96. The number of rotatable bonds is 8. The Morgan fingerprint density at radius 2 is 1.71 bits per heavy atom. The Morgan fingerprint density at radius 3 is 2.36 bits per heavy atom. The summed E-state index contributed by atoms with van der Waals surface area (Å²) in [5.74, 6) is 0.713. The summed E-state index contributed by atoms with van der Waals surface area (Å²) in [5, 5.41) is 13.6. The first kappa shape index (κ1) is 13.5. The van der Waals surface area contributed by atoms with E-state index >= 15 is 0 Å². The average Bonchev–Trinajstić information content (AvgIpc) is 2.20. The third kappa shape index (κ3) is 9.61. The summed E-state index contributed by atoms with van der Waals surface area (Å²) in [7, 11) is 0. The maximum atomic E-state index is 10.9. The van der Waals surface area contributed by atoms with Gasteiger partial charge < -0.3 is 15.7 Å². The quantitative estimate of drug-likeness (QED) is 0.425. The molecular formula is C9H19ClN2O2. The largest absolute Gasteiger partial charge is 0.395 e. The van der Waals surface area contributed by atoms with Crippen molar-refractivity contribution in [1.82, 2.24) is 10.6 Å². The number of unbranched alkanes of at least 4 members (excludes halogenated alkanes) is 3. The fourth-order valence-electron chi connectivity index (χ4n) is 1.01. The summed E-state index contributed by atoms with van der Waals surface area (Å²) in [6.45, 7) is 0.959. The third-order valence-corrected chi connectivity index (χ3v) is 2.01. The smallest absolute Gasteiger partial charge is 0.314 e. The molecule has 84 valence electrons. The average molecular weight is 223 g/mol. The Kier molecular flexibility index (Phi) is 10.2. The van der Waals surface area contributed by atoms with Crippen LogP contribution in [0.15, 0.2) is 0 Å². The van der Waals surface area contributed by atoms with Gasteiger partial charge in [-0.05, 0) is 12.8 Å². The second kappa shape index (κ2) is 10.6. The van der Waals surface area contributed by atoms with Gasteiger partial charge in [0.25, 0.3) is 0 Å². The lowest BCUT2D eigenvalue weighted by molar-refractivity contribution is 0.234. The molecule has 0 bridgehead atoms. The second-order valence-electron chi connectivity index (χ2n) is 3.01. The molecule has 0 aliphatic heterocycles. The molecule has 0 fully saturated rings. The van der Waals surface area contributed by atoms with Crippen LogP contribution in [-0.4, -0.2) is 36.7 Å². The summed E-state index contributed by atoms with van der Waals surface area (Å²) >= 11 is 5.52. The molecule has 2 amide bonds. The lowest BCUT2D eigenvalue weighted by atomic mass is 10.2. The van der Waals surface area contributed by atoms with E-state index in [1.54, 1.807) is 0 Å². The van der Waals surface area contributed by atoms with Crippen LogP contribution in [-0.2, 0) is 0 Å². The molecule has 4 nitrogen and oxygen atoms in total. The number of hydrogen-bond donors (Lipinski definition) is 3. The van der Waals surface area contributed by atoms with Gasteiger partial charge in [0.1, 0.15) is 0 Å². The minimum absolute atomic E-state index is 0.0247. The maximum Gasteiger partial charge on any atom is 0.314 e. The van der Waals surface area contributed by atoms with E-state index < -0.39 is 0 Å². The summed E-state index contributed by atoms with van der Waals surface area (Å²) in [6, 6.07) is -0.212. The topological polar surface area (TPSA) is 61.4 Å². The standard InChI is InChI=1S/C9H19ClN2O2/c10-5-3-1-2-4-6-11-9(14)12-7-8-13/h13H,1-8H2,(H2,11,12,14). The number of carbonyl (C=O) groups excluding carboxylic acids is 1. The van der Waals surface area contributed by atoms with Gasteiger partial charge in [-0.15, -0.1) is 11.6 Å². The Hall–Kier alpha value is -0.480. The zero-order valence-electron chi connectivity index (χ0n) is 8.39. The third-order valence-electron chi connectivity index (χ3n) is 1.74. The molecule has 0 aromatic rings. The van der Waals surface area contributed by atoms with Crippen molar-refractivity contribution in [3.8, 4) is 0 Å². The zero-order valence-corrected chi connectivity index (χ0v) is 9.15. The van der Waals surface area contributed by atoms with Crippen LogP contribution in [0.25, 0.3) is 0 Å². The summed E-state index contributed by atoms with van der Waals surface area (Å²) in [6.07, 6.45) is 4.22. The molecule has 0 saturated heterocycles. The fraction of sp³-hybridized carbons (Fsp3) is 0.889. The van der Waals surface area contributed by atoms with E-state index in [9.17, 15) is 4.79 Å². The second-order valence-corrected chi connectivity index (χ2v) is 3.39. The Balaban J connectivity index is 3.07. The van der Waals surface area contributed by atoms with E-state index in [4.69, 9.17) is 16.7 Å². The van der Waals surface area contributed by atoms with Crippen molar-refractivity contribution in [2.75, 3.05) is 25.6 Å². The van der Waals surface area contributed by atoms with E-state index in [-0.39, 0.29) is 12.6 Å². The highest BCUT2D eigenvalue weighted by Crippen LogP contribution is 1.99. The molecule has 0 aliphatic rings. The molecule has 14 heavy (non-hydrogen) atoms. The van der Waals surface area contributed by atoms with Crippen LogP contribution in [0.4, 0.5) is 4.79 Å². The number of halogens is 1. The Labute approximate surface area is 90.0 Å². The van der Waals surface area contributed by atoms with E-state index in [1.807, 2.05) is 0 Å². The summed E-state index contributed by atoms with van der Waals surface area (Å²) < 4.78 is 0. The van der Waals surface area contributed by atoms with Gasteiger partial charge >= 0.3 is 6.03 Å². The van der Waals surface area contributed by atoms with Crippen LogP contribution < -0.4 is 10.6 Å². The zero-order chi connectivity index (χ0) is 10.6. The number of nitrogens with one attached hydrogen (secondary N) is 2. The van der Waals surface area contributed by atoms with Crippen LogP contribution >= 0.6 is 11.6 Å². The molecule has 0 radical (unpaired) electrons. The van der Waals surface area contributed by atoms with Gasteiger partial charge in [-0.3, -0.25) is 0 Å². The molecule has 5 heteroatoms. The number of aliphatic hydroxyl groups excluding tert-OH is 1. The normalized spacial score (nSPS) is 9.86. The minimum atomic E-state index is -0.212. The summed E-state index contributed by atoms with van der Waals surface area (Å²) in [4.78, 5) is 10.9. The predicted octanol–water partition coefficient (Wildman–Crippen LogP) is 1.08. The van der Waals surface area contributed by atoms with Crippen LogP contribution in [0.1, 0.15) is 25.7 Å². The van der Waals surface area contributed by atoms with Gasteiger partial charge in [0.15, 0.2) is 0 Å². The minimum Gasteiger partial charge on any atom is -0.395 e. The first-order valence-corrected chi connectivity index (χ1v) is 5.53. The molecule has 0 unspecified atom stereocenters. The number of amides is 2. The van der Waals surface area contributed by atoms with E-state index in [1.165, 1.54) is 0 Å². The van der Waals surface area contributed by atoms with Crippen molar-refractivity contribution in [1.29, 1.82) is 0 Å². The molecular weight excluding hydrogens is 204 g/mol. The van der Waals surface area contributed by atoms with Crippen molar-refractivity contribution in [2.24, 2.45) is 0 Å². The SMILES string of the molecule is O=C(NCCO)NCCCCCCCl. The molecule has 0 aromatic carbocycles.